The van der Waals surface area contributed by atoms with E-state index in [1.807, 2.05) is 20.8 Å². The molecule has 0 aromatic heterocycles. The van der Waals surface area contributed by atoms with Gasteiger partial charge in [0.2, 0.25) is 0 Å². The molecule has 0 radical (unpaired) electrons. The van der Waals surface area contributed by atoms with Crippen molar-refractivity contribution in [1.29, 1.82) is 0 Å². The molecular formula is C8H16O4S. The second kappa shape index (κ2) is 2.68. The van der Waals surface area contributed by atoms with E-state index in [9.17, 15) is 8.42 Å². The largest absolute Gasteiger partial charge is 0.361 e. The molecule has 1 aliphatic rings. The van der Waals surface area contributed by atoms with Gasteiger partial charge in [-0.25, -0.2) is 0 Å². The summed E-state index contributed by atoms with van der Waals surface area (Å²) in [6.45, 7) is 7.38. The van der Waals surface area contributed by atoms with Crippen LogP contribution < -0.4 is 0 Å². The molecule has 2 atom stereocenters. The van der Waals surface area contributed by atoms with Crippen molar-refractivity contribution in [2.24, 2.45) is 0 Å². The average molecular weight is 208 g/mol. The van der Waals surface area contributed by atoms with Crippen LogP contribution in [-0.2, 0) is 19.0 Å². The molecule has 1 rings (SSSR count). The van der Waals surface area contributed by atoms with Crippen LogP contribution in [0, 0.1) is 0 Å². The first kappa shape index (κ1) is 10.9. The van der Waals surface area contributed by atoms with Crippen molar-refractivity contribution < 1.29 is 17.3 Å². The molecule has 1 aliphatic heterocycles. The molecule has 0 bridgehead atoms. The van der Waals surface area contributed by atoms with Gasteiger partial charge in [0.25, 0.3) is 10.1 Å². The fourth-order valence-corrected chi connectivity index (χ4v) is 2.14. The van der Waals surface area contributed by atoms with Crippen LogP contribution in [0.1, 0.15) is 27.7 Å². The first-order chi connectivity index (χ1) is 5.58. The van der Waals surface area contributed by atoms with Crippen LogP contribution in [0.15, 0.2) is 0 Å². The van der Waals surface area contributed by atoms with Gasteiger partial charge in [0.05, 0.1) is 11.9 Å². The molecule has 0 amide bonds. The molecule has 0 saturated carbocycles. The van der Waals surface area contributed by atoms with Gasteiger partial charge in [-0.05, 0) is 27.7 Å². The van der Waals surface area contributed by atoms with Gasteiger partial charge in [0.1, 0.15) is 11.7 Å². The second-order valence-corrected chi connectivity index (χ2v) is 5.76. The summed E-state index contributed by atoms with van der Waals surface area (Å²) < 4.78 is 32.0. The van der Waals surface area contributed by atoms with E-state index in [1.165, 1.54) is 0 Å². The van der Waals surface area contributed by atoms with Crippen LogP contribution in [0.2, 0.25) is 0 Å². The summed E-state index contributed by atoms with van der Waals surface area (Å²) >= 11 is 0. The van der Waals surface area contributed by atoms with Gasteiger partial charge >= 0.3 is 0 Å². The summed E-state index contributed by atoms with van der Waals surface area (Å²) in [6.07, 6.45) is 0.597. The van der Waals surface area contributed by atoms with Crippen LogP contribution >= 0.6 is 0 Å². The predicted molar refractivity (Wildman–Crippen MR) is 49.0 cm³/mol. The minimum atomic E-state index is -3.40. The maximum atomic E-state index is 10.8. The minimum absolute atomic E-state index is 0.295. The summed E-state index contributed by atoms with van der Waals surface area (Å²) in [7, 11) is -3.40. The maximum Gasteiger partial charge on any atom is 0.264 e. The molecule has 78 valence electrons. The van der Waals surface area contributed by atoms with Crippen molar-refractivity contribution in [3.8, 4) is 0 Å². The Bertz CT molecular complexity index is 306. The topological polar surface area (TPSA) is 55.9 Å². The standard InChI is InChI=1S/C8H16O4S/c1-6(11-13(5,9)10)8(4)7(2,3)12-8/h6H,1-5H3. The van der Waals surface area contributed by atoms with E-state index in [4.69, 9.17) is 8.92 Å². The molecule has 0 aromatic carbocycles. The first-order valence-electron chi connectivity index (χ1n) is 4.17. The highest BCUT2D eigenvalue weighted by molar-refractivity contribution is 7.86. The summed E-state index contributed by atoms with van der Waals surface area (Å²) in [6, 6.07) is 0. The van der Waals surface area contributed by atoms with E-state index in [1.54, 1.807) is 6.92 Å². The van der Waals surface area contributed by atoms with Gasteiger partial charge in [-0.15, -0.1) is 0 Å². The highest BCUT2D eigenvalue weighted by Gasteiger charge is 2.64. The lowest BCUT2D eigenvalue weighted by molar-refractivity contribution is 0.129. The normalized spacial score (nSPS) is 34.2. The zero-order valence-corrected chi connectivity index (χ0v) is 9.44. The zero-order chi connectivity index (χ0) is 10.5. The fraction of sp³-hybridized carbons (Fsp3) is 1.00. The van der Waals surface area contributed by atoms with Crippen molar-refractivity contribution in [3.63, 3.8) is 0 Å². The average Bonchev–Trinajstić information content (AvgIpc) is 2.29. The van der Waals surface area contributed by atoms with Crippen LogP contribution in [-0.4, -0.2) is 32.0 Å². The third kappa shape index (κ3) is 2.03. The number of hydrogen-bond acceptors (Lipinski definition) is 4. The molecule has 2 unspecified atom stereocenters. The van der Waals surface area contributed by atoms with E-state index in [2.05, 4.69) is 0 Å². The predicted octanol–water partition coefficient (Wildman–Crippen LogP) is 0.919. The smallest absolute Gasteiger partial charge is 0.264 e. The zero-order valence-electron chi connectivity index (χ0n) is 8.62. The van der Waals surface area contributed by atoms with E-state index < -0.39 is 21.8 Å². The molecule has 1 saturated heterocycles. The fourth-order valence-electron chi connectivity index (χ4n) is 1.43. The van der Waals surface area contributed by atoms with Gasteiger partial charge in [-0.3, -0.25) is 4.18 Å². The first-order valence-corrected chi connectivity index (χ1v) is 5.98. The summed E-state index contributed by atoms with van der Waals surface area (Å²) in [5, 5.41) is 0. The molecule has 4 nitrogen and oxygen atoms in total. The number of hydrogen-bond donors (Lipinski definition) is 0. The second-order valence-electron chi connectivity index (χ2n) is 4.16. The Morgan fingerprint density at radius 1 is 1.31 bits per heavy atom. The van der Waals surface area contributed by atoms with E-state index >= 15 is 0 Å². The molecule has 0 N–H and O–H groups in total. The molecule has 5 heteroatoms. The van der Waals surface area contributed by atoms with Crippen LogP contribution in [0.25, 0.3) is 0 Å². The number of rotatable bonds is 3. The molecule has 1 fully saturated rings. The SMILES string of the molecule is CC(OS(C)(=O)=O)C1(C)OC1(C)C. The monoisotopic (exact) mass is 208 g/mol. The summed E-state index contributed by atoms with van der Waals surface area (Å²) in [4.78, 5) is 0. The van der Waals surface area contributed by atoms with Crippen LogP contribution in [0.3, 0.4) is 0 Å². The van der Waals surface area contributed by atoms with Gasteiger partial charge in [-0.2, -0.15) is 8.42 Å². The Balaban J connectivity index is 2.67. The molecular weight excluding hydrogens is 192 g/mol. The lowest BCUT2D eigenvalue weighted by Crippen LogP contribution is -2.33. The van der Waals surface area contributed by atoms with E-state index in [0.29, 0.717) is 0 Å². The molecule has 1 heterocycles. The van der Waals surface area contributed by atoms with Gasteiger partial charge < -0.3 is 4.74 Å². The third-order valence-electron chi connectivity index (χ3n) is 2.72. The van der Waals surface area contributed by atoms with Gasteiger partial charge in [-0.1, -0.05) is 0 Å². The molecule has 0 spiro atoms. The van der Waals surface area contributed by atoms with Crippen molar-refractivity contribution in [2.45, 2.75) is 45.0 Å². The number of ether oxygens (including phenoxy) is 1. The van der Waals surface area contributed by atoms with Crippen molar-refractivity contribution >= 4 is 10.1 Å². The van der Waals surface area contributed by atoms with Gasteiger partial charge in [0, 0.05) is 0 Å². The Morgan fingerprint density at radius 2 is 1.69 bits per heavy atom. The van der Waals surface area contributed by atoms with Gasteiger partial charge in [0.15, 0.2) is 0 Å². The summed E-state index contributed by atoms with van der Waals surface area (Å²) in [5.41, 5.74) is -0.785. The quantitative estimate of drug-likeness (QED) is 0.511. The van der Waals surface area contributed by atoms with Crippen molar-refractivity contribution in [1.82, 2.24) is 0 Å². The maximum absolute atomic E-state index is 10.8. The Hall–Kier alpha value is -0.130. The lowest BCUT2D eigenvalue weighted by atomic mass is 9.93. The van der Waals surface area contributed by atoms with E-state index in [0.717, 1.165) is 6.26 Å². The number of epoxide rings is 1. The molecule has 0 aromatic rings. The van der Waals surface area contributed by atoms with Crippen LogP contribution in [0.4, 0.5) is 0 Å². The van der Waals surface area contributed by atoms with Crippen LogP contribution in [0.5, 0.6) is 0 Å². The highest BCUT2D eigenvalue weighted by atomic mass is 32.2. The Kier molecular flexibility index (Phi) is 2.26. The lowest BCUT2D eigenvalue weighted by Gasteiger charge is -2.17. The minimum Gasteiger partial charge on any atom is -0.361 e. The highest BCUT2D eigenvalue weighted by Crippen LogP contribution is 2.50. The molecule has 13 heavy (non-hydrogen) atoms. The van der Waals surface area contributed by atoms with Crippen molar-refractivity contribution in [3.05, 3.63) is 0 Å². The molecule has 0 aliphatic carbocycles. The third-order valence-corrected chi connectivity index (χ3v) is 3.35. The Morgan fingerprint density at radius 3 is 1.92 bits per heavy atom. The summed E-state index contributed by atoms with van der Waals surface area (Å²) in [5.74, 6) is 0. The Labute approximate surface area is 79.3 Å². The van der Waals surface area contributed by atoms with E-state index in [-0.39, 0.29) is 5.60 Å². The van der Waals surface area contributed by atoms with Crippen molar-refractivity contribution in [2.75, 3.05) is 6.26 Å².